The van der Waals surface area contributed by atoms with Gasteiger partial charge >= 0.3 is 6.18 Å². The molecule has 6 nitrogen and oxygen atoms in total. The number of alkyl halides is 3. The van der Waals surface area contributed by atoms with Gasteiger partial charge in [0.2, 0.25) is 5.96 Å². The van der Waals surface area contributed by atoms with Crippen LogP contribution in [0.15, 0.2) is 9.98 Å². The second-order valence-corrected chi connectivity index (χ2v) is 2.44. The molecule has 0 heterocycles. The molecule has 0 atom stereocenters. The Morgan fingerprint density at radius 3 is 2.27 bits per heavy atom. The van der Waals surface area contributed by atoms with Crippen LogP contribution in [0.2, 0.25) is 0 Å². The summed E-state index contributed by atoms with van der Waals surface area (Å²) in [5.74, 6) is -0.474. The van der Waals surface area contributed by atoms with Crippen molar-refractivity contribution in [3.63, 3.8) is 0 Å². The smallest absolute Gasteiger partial charge is 0.370 e. The molecule has 0 aliphatic heterocycles. The number of guanidine groups is 2. The largest absolute Gasteiger partial charge is 0.411 e. The van der Waals surface area contributed by atoms with Crippen LogP contribution in [0, 0.1) is 0 Å². The summed E-state index contributed by atoms with van der Waals surface area (Å²) in [4.78, 5) is 6.88. The summed E-state index contributed by atoms with van der Waals surface area (Å²) in [5.41, 5.74) is 15.1. The van der Waals surface area contributed by atoms with Crippen LogP contribution in [0.3, 0.4) is 0 Å². The summed E-state index contributed by atoms with van der Waals surface area (Å²) in [7, 11) is 0. The molecule has 0 aromatic rings. The number of ether oxygens (including phenoxy) is 1. The molecule has 0 aromatic heterocycles. The van der Waals surface area contributed by atoms with Crippen LogP contribution in [0.25, 0.3) is 0 Å². The van der Waals surface area contributed by atoms with E-state index in [1.54, 1.807) is 0 Å². The normalized spacial score (nSPS) is 12.6. The van der Waals surface area contributed by atoms with Crippen molar-refractivity contribution in [1.29, 1.82) is 0 Å². The van der Waals surface area contributed by atoms with Gasteiger partial charge in [0, 0.05) is 0 Å². The highest BCUT2D eigenvalue weighted by Crippen LogP contribution is 2.13. The Hall–Kier alpha value is -1.51. The molecule has 0 amide bonds. The van der Waals surface area contributed by atoms with Gasteiger partial charge in [-0.3, -0.25) is 0 Å². The van der Waals surface area contributed by atoms with Gasteiger partial charge in [-0.2, -0.15) is 18.2 Å². The topological polar surface area (TPSA) is 112 Å². The summed E-state index contributed by atoms with van der Waals surface area (Å²) >= 11 is 0. The lowest BCUT2D eigenvalue weighted by molar-refractivity contribution is -0.173. The summed E-state index contributed by atoms with van der Waals surface area (Å²) in [6, 6.07) is 0. The lowest BCUT2D eigenvalue weighted by Crippen LogP contribution is -2.26. The van der Waals surface area contributed by atoms with Crippen molar-refractivity contribution in [3.8, 4) is 0 Å². The number of hydrogen-bond acceptors (Lipinski definition) is 2. The Morgan fingerprint density at radius 1 is 1.20 bits per heavy atom. The van der Waals surface area contributed by atoms with E-state index < -0.39 is 12.8 Å². The van der Waals surface area contributed by atoms with E-state index in [-0.39, 0.29) is 25.1 Å². The van der Waals surface area contributed by atoms with Crippen molar-refractivity contribution in [2.24, 2.45) is 27.2 Å². The van der Waals surface area contributed by atoms with Gasteiger partial charge in [0.15, 0.2) is 5.96 Å². The van der Waals surface area contributed by atoms with Crippen LogP contribution in [0.1, 0.15) is 0 Å². The van der Waals surface area contributed by atoms with Gasteiger partial charge < -0.3 is 21.9 Å². The van der Waals surface area contributed by atoms with E-state index in [1.165, 1.54) is 0 Å². The molecular formula is C6H12F3N5O. The molecule has 0 saturated carbocycles. The number of nitrogens with zero attached hydrogens (tertiary/aromatic N) is 2. The van der Waals surface area contributed by atoms with Gasteiger partial charge in [0.25, 0.3) is 0 Å². The van der Waals surface area contributed by atoms with E-state index >= 15 is 0 Å². The fraction of sp³-hybridized carbons (Fsp3) is 0.667. The van der Waals surface area contributed by atoms with E-state index in [2.05, 4.69) is 14.7 Å². The van der Waals surface area contributed by atoms with Crippen LogP contribution in [0.5, 0.6) is 0 Å². The highest BCUT2D eigenvalue weighted by atomic mass is 19.4. The quantitative estimate of drug-likeness (QED) is 0.330. The first-order chi connectivity index (χ1) is 6.81. The van der Waals surface area contributed by atoms with Crippen LogP contribution in [-0.4, -0.2) is 37.9 Å². The molecule has 0 rings (SSSR count). The third-order valence-electron chi connectivity index (χ3n) is 1.02. The maximum atomic E-state index is 11.6. The Morgan fingerprint density at radius 2 is 1.80 bits per heavy atom. The van der Waals surface area contributed by atoms with Gasteiger partial charge in [-0.25, -0.2) is 4.99 Å². The summed E-state index contributed by atoms with van der Waals surface area (Å²) in [6.45, 7) is -1.57. The highest BCUT2D eigenvalue weighted by molar-refractivity contribution is 5.92. The molecule has 9 heteroatoms. The van der Waals surface area contributed by atoms with Crippen LogP contribution >= 0.6 is 0 Å². The van der Waals surface area contributed by atoms with E-state index in [0.717, 1.165) is 0 Å². The van der Waals surface area contributed by atoms with Crippen LogP contribution < -0.4 is 17.2 Å². The second kappa shape index (κ2) is 6.06. The molecule has 0 saturated heterocycles. The molecule has 6 N–H and O–H groups in total. The van der Waals surface area contributed by atoms with Crippen LogP contribution in [-0.2, 0) is 4.74 Å². The Balaban J connectivity index is 3.67. The van der Waals surface area contributed by atoms with E-state index in [4.69, 9.17) is 17.2 Å². The van der Waals surface area contributed by atoms with Crippen molar-refractivity contribution < 1.29 is 17.9 Å². The zero-order valence-electron chi connectivity index (χ0n) is 7.79. The molecule has 0 bridgehead atoms. The Labute approximate surface area is 84.0 Å². The molecule has 0 fully saturated rings. The maximum absolute atomic E-state index is 11.6. The lowest BCUT2D eigenvalue weighted by atomic mass is 10.6. The lowest BCUT2D eigenvalue weighted by Gasteiger charge is -2.05. The van der Waals surface area contributed by atoms with Gasteiger partial charge in [-0.15, -0.1) is 0 Å². The molecule has 0 aliphatic carbocycles. The molecule has 15 heavy (non-hydrogen) atoms. The first-order valence-electron chi connectivity index (χ1n) is 3.85. The van der Waals surface area contributed by atoms with Gasteiger partial charge in [0.05, 0.1) is 13.2 Å². The fourth-order valence-electron chi connectivity index (χ4n) is 0.580. The third-order valence-corrected chi connectivity index (χ3v) is 1.02. The van der Waals surface area contributed by atoms with E-state index in [1.807, 2.05) is 0 Å². The molecule has 0 aromatic carbocycles. The zero-order chi connectivity index (χ0) is 11.9. The second-order valence-electron chi connectivity index (χ2n) is 2.44. The number of hydrogen-bond donors (Lipinski definition) is 3. The Bertz CT molecular complexity index is 246. The minimum absolute atomic E-state index is 0.0430. The van der Waals surface area contributed by atoms with Crippen LogP contribution in [0.4, 0.5) is 13.2 Å². The summed E-state index contributed by atoms with van der Waals surface area (Å²) in [6.07, 6.45) is -4.34. The zero-order valence-corrected chi connectivity index (χ0v) is 7.79. The average Bonchev–Trinajstić information content (AvgIpc) is 1.99. The maximum Gasteiger partial charge on any atom is 0.411 e. The van der Waals surface area contributed by atoms with Gasteiger partial charge in [-0.1, -0.05) is 0 Å². The molecule has 0 aliphatic rings. The summed E-state index contributed by atoms with van der Waals surface area (Å²) in [5, 5.41) is 0. The predicted octanol–water partition coefficient (Wildman–Crippen LogP) is -0.847. The average molecular weight is 227 g/mol. The van der Waals surface area contributed by atoms with E-state index in [9.17, 15) is 13.2 Å². The SMILES string of the molecule is NC(N)=NC(N)=NCCOCC(F)(F)F. The molecule has 0 spiro atoms. The number of rotatable bonds is 4. The minimum atomic E-state index is -4.34. The first kappa shape index (κ1) is 13.5. The van der Waals surface area contributed by atoms with E-state index in [0.29, 0.717) is 0 Å². The number of nitrogens with two attached hydrogens (primary N) is 3. The molecule has 0 radical (unpaired) electrons. The van der Waals surface area contributed by atoms with Crippen molar-refractivity contribution in [1.82, 2.24) is 0 Å². The van der Waals surface area contributed by atoms with Crippen molar-refractivity contribution in [2.45, 2.75) is 6.18 Å². The third kappa shape index (κ3) is 10.4. The van der Waals surface area contributed by atoms with Crippen molar-refractivity contribution in [3.05, 3.63) is 0 Å². The summed E-state index contributed by atoms with van der Waals surface area (Å²) < 4.78 is 39.0. The standard InChI is InChI=1S/C6H12F3N5O/c7-6(8,9)3-15-2-1-13-5(12)14-4(10)11/h1-3H2,(H6,10,11,12,13,14). The van der Waals surface area contributed by atoms with Gasteiger partial charge in [-0.05, 0) is 0 Å². The number of halogens is 3. The highest BCUT2D eigenvalue weighted by Gasteiger charge is 2.27. The monoisotopic (exact) mass is 227 g/mol. The minimum Gasteiger partial charge on any atom is -0.370 e. The molecular weight excluding hydrogens is 215 g/mol. The van der Waals surface area contributed by atoms with Crippen molar-refractivity contribution >= 4 is 11.9 Å². The number of aliphatic imine (C=N–C) groups is 2. The molecule has 0 unspecified atom stereocenters. The first-order valence-corrected chi connectivity index (χ1v) is 3.85. The fourth-order valence-corrected chi connectivity index (χ4v) is 0.580. The molecule has 88 valence electrons. The predicted molar refractivity (Wildman–Crippen MR) is 49.2 cm³/mol. The van der Waals surface area contributed by atoms with Gasteiger partial charge in [0.1, 0.15) is 6.61 Å². The van der Waals surface area contributed by atoms with Crippen molar-refractivity contribution in [2.75, 3.05) is 19.8 Å². The Kier molecular flexibility index (Phi) is 5.45.